The standard InChI is InChI=1S/C30H28Cl2N4O2/c1-6-15-36(20(3)22-11-8-7-9-12-22)26-16-19(2)34-29-23(26)13-10-14-27(29)38-18-24-25(31)17-33-30(28(24)32)35(5)21(4)37/h6-17H,3,18H2,1-2,4-5H3/b15-6-. The van der Waals surface area contributed by atoms with Crippen molar-refractivity contribution in [1.29, 1.82) is 0 Å². The van der Waals surface area contributed by atoms with E-state index in [1.807, 2.05) is 80.7 Å². The smallest absolute Gasteiger partial charge is 0.224 e. The predicted octanol–water partition coefficient (Wildman–Crippen LogP) is 7.82. The lowest BCUT2D eigenvalue weighted by atomic mass is 10.1. The maximum absolute atomic E-state index is 11.9. The lowest BCUT2D eigenvalue weighted by Gasteiger charge is -2.25. The molecule has 0 saturated heterocycles. The Balaban J connectivity index is 1.75. The minimum Gasteiger partial charge on any atom is -0.487 e. The summed E-state index contributed by atoms with van der Waals surface area (Å²) in [6, 6.07) is 17.8. The number of aromatic nitrogens is 2. The summed E-state index contributed by atoms with van der Waals surface area (Å²) in [5, 5.41) is 1.50. The molecular weight excluding hydrogens is 519 g/mol. The van der Waals surface area contributed by atoms with Gasteiger partial charge in [0.15, 0.2) is 5.82 Å². The number of allylic oxidation sites excluding steroid dienone is 1. The number of para-hydroxylation sites is 1. The van der Waals surface area contributed by atoms with Crippen LogP contribution in [-0.4, -0.2) is 22.9 Å². The van der Waals surface area contributed by atoms with Gasteiger partial charge in [0.2, 0.25) is 5.91 Å². The Morgan fingerprint density at radius 2 is 1.87 bits per heavy atom. The molecular formula is C30H28Cl2N4O2. The molecule has 38 heavy (non-hydrogen) atoms. The number of benzene rings is 2. The van der Waals surface area contributed by atoms with Crippen LogP contribution in [-0.2, 0) is 11.4 Å². The van der Waals surface area contributed by atoms with Crippen molar-refractivity contribution in [2.45, 2.75) is 27.4 Å². The molecule has 0 bridgehead atoms. The van der Waals surface area contributed by atoms with Gasteiger partial charge in [0.05, 0.1) is 15.7 Å². The molecule has 2 heterocycles. The normalized spacial score (nSPS) is 11.1. The zero-order valence-corrected chi connectivity index (χ0v) is 23.2. The van der Waals surface area contributed by atoms with E-state index in [-0.39, 0.29) is 17.5 Å². The van der Waals surface area contributed by atoms with Crippen molar-refractivity contribution in [3.05, 3.63) is 107 Å². The van der Waals surface area contributed by atoms with Gasteiger partial charge in [-0.3, -0.25) is 9.69 Å². The molecule has 0 aliphatic carbocycles. The van der Waals surface area contributed by atoms with Crippen molar-refractivity contribution in [3.8, 4) is 5.75 Å². The molecule has 0 aliphatic rings. The third-order valence-electron chi connectivity index (χ3n) is 6.08. The molecule has 4 rings (SSSR count). The number of carbonyl (C=O) groups is 1. The fourth-order valence-corrected chi connectivity index (χ4v) is 4.61. The SMILES string of the molecule is C=C(c1ccccc1)N(/C=C\C)c1cc(C)nc2c(OCc3c(Cl)cnc(N(C)C(C)=O)c3Cl)cccc12. The second-order valence-corrected chi connectivity index (χ2v) is 9.47. The largest absolute Gasteiger partial charge is 0.487 e. The highest BCUT2D eigenvalue weighted by atomic mass is 35.5. The molecule has 0 fully saturated rings. The molecule has 1 amide bonds. The Morgan fingerprint density at radius 1 is 1.13 bits per heavy atom. The third kappa shape index (κ3) is 5.52. The van der Waals surface area contributed by atoms with E-state index >= 15 is 0 Å². The molecule has 0 N–H and O–H groups in total. The number of ether oxygens (including phenoxy) is 1. The van der Waals surface area contributed by atoms with E-state index in [0.29, 0.717) is 27.7 Å². The van der Waals surface area contributed by atoms with Crippen LogP contribution in [0.3, 0.4) is 0 Å². The van der Waals surface area contributed by atoms with Crippen molar-refractivity contribution in [2.24, 2.45) is 0 Å². The predicted molar refractivity (Wildman–Crippen MR) is 157 cm³/mol. The van der Waals surface area contributed by atoms with Gasteiger partial charge in [0.1, 0.15) is 17.9 Å². The van der Waals surface area contributed by atoms with E-state index < -0.39 is 0 Å². The van der Waals surface area contributed by atoms with E-state index in [1.54, 1.807) is 7.05 Å². The zero-order valence-electron chi connectivity index (χ0n) is 21.7. The summed E-state index contributed by atoms with van der Waals surface area (Å²) in [5.74, 6) is 0.694. The van der Waals surface area contributed by atoms with E-state index in [4.69, 9.17) is 32.9 Å². The first kappa shape index (κ1) is 27.2. The molecule has 194 valence electrons. The van der Waals surface area contributed by atoms with Crippen molar-refractivity contribution in [2.75, 3.05) is 16.8 Å². The van der Waals surface area contributed by atoms with Gasteiger partial charge in [-0.15, -0.1) is 0 Å². The van der Waals surface area contributed by atoms with Crippen molar-refractivity contribution in [1.82, 2.24) is 9.97 Å². The second-order valence-electron chi connectivity index (χ2n) is 8.69. The minimum absolute atomic E-state index is 0.0678. The topological polar surface area (TPSA) is 58.6 Å². The van der Waals surface area contributed by atoms with E-state index in [9.17, 15) is 4.79 Å². The van der Waals surface area contributed by atoms with Crippen LogP contribution in [0.4, 0.5) is 11.5 Å². The fourth-order valence-electron chi connectivity index (χ4n) is 4.04. The summed E-state index contributed by atoms with van der Waals surface area (Å²) in [6.07, 6.45) is 5.43. The van der Waals surface area contributed by atoms with Crippen LogP contribution in [0.2, 0.25) is 10.0 Å². The molecule has 6 nitrogen and oxygen atoms in total. The highest BCUT2D eigenvalue weighted by Crippen LogP contribution is 2.37. The number of rotatable bonds is 8. The Kier molecular flexibility index (Phi) is 8.35. The molecule has 0 atom stereocenters. The first-order valence-corrected chi connectivity index (χ1v) is 12.7. The average molecular weight is 547 g/mol. The van der Waals surface area contributed by atoms with Crippen LogP contribution in [0.15, 0.2) is 79.6 Å². The van der Waals surface area contributed by atoms with Crippen molar-refractivity contribution in [3.63, 3.8) is 0 Å². The van der Waals surface area contributed by atoms with E-state index in [2.05, 4.69) is 16.5 Å². The number of pyridine rings is 2. The van der Waals surface area contributed by atoms with Gasteiger partial charge in [0, 0.05) is 48.7 Å². The fraction of sp³-hybridized carbons (Fsp3) is 0.167. The lowest BCUT2D eigenvalue weighted by molar-refractivity contribution is -0.116. The maximum Gasteiger partial charge on any atom is 0.224 e. The average Bonchev–Trinajstić information content (AvgIpc) is 2.91. The summed E-state index contributed by atoms with van der Waals surface area (Å²) in [7, 11) is 1.60. The summed E-state index contributed by atoms with van der Waals surface area (Å²) in [4.78, 5) is 24.3. The first-order chi connectivity index (χ1) is 18.2. The van der Waals surface area contributed by atoms with Gasteiger partial charge in [-0.25, -0.2) is 9.97 Å². The quantitative estimate of drug-likeness (QED) is 0.225. The summed E-state index contributed by atoms with van der Waals surface area (Å²) in [5.41, 5.74) is 4.82. The molecule has 0 unspecified atom stereocenters. The maximum atomic E-state index is 11.9. The molecule has 0 spiro atoms. The van der Waals surface area contributed by atoms with Gasteiger partial charge in [-0.2, -0.15) is 0 Å². The highest BCUT2D eigenvalue weighted by molar-refractivity contribution is 6.37. The van der Waals surface area contributed by atoms with Gasteiger partial charge in [-0.05, 0) is 31.5 Å². The minimum atomic E-state index is -0.197. The number of carbonyl (C=O) groups excluding carboxylic acids is 1. The summed E-state index contributed by atoms with van der Waals surface area (Å²) >= 11 is 13.0. The van der Waals surface area contributed by atoms with Crippen LogP contribution in [0, 0.1) is 6.92 Å². The molecule has 2 aromatic heterocycles. The molecule has 0 radical (unpaired) electrons. The van der Waals surface area contributed by atoms with E-state index in [1.165, 1.54) is 18.0 Å². The zero-order chi connectivity index (χ0) is 27.4. The molecule has 2 aromatic carbocycles. The Morgan fingerprint density at radius 3 is 2.55 bits per heavy atom. The Bertz CT molecular complexity index is 1540. The summed E-state index contributed by atoms with van der Waals surface area (Å²) in [6.45, 7) is 9.79. The number of aryl methyl sites for hydroxylation is 1. The molecule has 8 heteroatoms. The number of anilines is 2. The van der Waals surface area contributed by atoms with Gasteiger partial charge < -0.3 is 9.64 Å². The Hall–Kier alpha value is -3.87. The Labute approximate surface area is 232 Å². The number of halogens is 2. The van der Waals surface area contributed by atoms with Crippen LogP contribution in [0.25, 0.3) is 16.6 Å². The number of amides is 1. The van der Waals surface area contributed by atoms with Gasteiger partial charge in [-0.1, -0.05) is 78.3 Å². The van der Waals surface area contributed by atoms with Gasteiger partial charge in [0.25, 0.3) is 0 Å². The summed E-state index contributed by atoms with van der Waals surface area (Å²) < 4.78 is 6.24. The van der Waals surface area contributed by atoms with Crippen molar-refractivity contribution < 1.29 is 9.53 Å². The molecule has 4 aromatic rings. The second kappa shape index (κ2) is 11.7. The monoisotopic (exact) mass is 546 g/mol. The van der Waals surface area contributed by atoms with E-state index in [0.717, 1.165) is 28.0 Å². The molecule has 0 saturated carbocycles. The lowest BCUT2D eigenvalue weighted by Crippen LogP contribution is -2.24. The molecule has 0 aliphatic heterocycles. The van der Waals surface area contributed by atoms with Crippen LogP contribution >= 0.6 is 23.2 Å². The van der Waals surface area contributed by atoms with Crippen molar-refractivity contribution >= 4 is 57.2 Å². The number of hydrogen-bond acceptors (Lipinski definition) is 5. The van der Waals surface area contributed by atoms with Crippen LogP contribution < -0.4 is 14.5 Å². The number of nitrogens with zero attached hydrogens (tertiary/aromatic N) is 4. The van der Waals surface area contributed by atoms with Crippen LogP contribution in [0.1, 0.15) is 30.7 Å². The number of fused-ring (bicyclic) bond motifs is 1. The number of hydrogen-bond donors (Lipinski definition) is 0. The van der Waals surface area contributed by atoms with Crippen LogP contribution in [0.5, 0.6) is 5.75 Å². The highest BCUT2D eigenvalue weighted by Gasteiger charge is 2.20. The third-order valence-corrected chi connectivity index (χ3v) is 6.80. The van der Waals surface area contributed by atoms with Gasteiger partial charge >= 0.3 is 0 Å². The first-order valence-electron chi connectivity index (χ1n) is 12.0.